The predicted octanol–water partition coefficient (Wildman–Crippen LogP) is 14.1. The number of thiophene rings is 1. The van der Waals surface area contributed by atoms with Gasteiger partial charge in [-0.25, -0.2) is 0 Å². The van der Waals surface area contributed by atoms with Crippen LogP contribution in [0.5, 0.6) is 0 Å². The molecule has 0 aliphatic carbocycles. The lowest BCUT2D eigenvalue weighted by Gasteiger charge is -2.10. The fourth-order valence-corrected chi connectivity index (χ4v) is 9.19. The minimum Gasteiger partial charge on any atom is -0.454 e. The first-order valence-corrected chi connectivity index (χ1v) is 18.2. The number of nitrogens with zero attached hydrogens (tertiary/aromatic N) is 1. The third-order valence-electron chi connectivity index (χ3n) is 10.4. The zero-order valence-electron chi connectivity index (χ0n) is 27.5. The van der Waals surface area contributed by atoms with Crippen molar-refractivity contribution in [3.8, 4) is 39.1 Å². The van der Waals surface area contributed by atoms with Gasteiger partial charge >= 0.3 is 0 Å². The molecule has 0 bridgehead atoms. The maximum absolute atomic E-state index is 6.87. The molecule has 0 radical (unpaired) electrons. The average molecular weight is 668 g/mol. The second kappa shape index (κ2) is 11.0. The Labute approximate surface area is 298 Å². The molecule has 0 spiro atoms. The highest BCUT2D eigenvalue weighted by molar-refractivity contribution is 7.25. The molecule has 0 saturated heterocycles. The van der Waals surface area contributed by atoms with Crippen molar-refractivity contribution in [3.63, 3.8) is 0 Å². The van der Waals surface area contributed by atoms with Gasteiger partial charge in [-0.3, -0.25) is 0 Å². The number of para-hydroxylation sites is 1. The van der Waals surface area contributed by atoms with Crippen molar-refractivity contribution in [2.24, 2.45) is 0 Å². The fraction of sp³-hybridized carbons (Fsp3) is 0. The third-order valence-corrected chi connectivity index (χ3v) is 11.5. The van der Waals surface area contributed by atoms with E-state index in [0.29, 0.717) is 0 Å². The van der Waals surface area contributed by atoms with Crippen molar-refractivity contribution >= 4 is 75.3 Å². The van der Waals surface area contributed by atoms with Crippen LogP contribution < -0.4 is 0 Å². The van der Waals surface area contributed by atoms with Gasteiger partial charge in [-0.1, -0.05) is 127 Å². The highest BCUT2D eigenvalue weighted by Crippen LogP contribution is 2.44. The minimum atomic E-state index is 0.890. The predicted molar refractivity (Wildman–Crippen MR) is 217 cm³/mol. The first kappa shape index (κ1) is 28.4. The number of rotatable bonds is 4. The molecular formula is C48H29NOS. The van der Waals surface area contributed by atoms with Gasteiger partial charge in [0.25, 0.3) is 0 Å². The quantitative estimate of drug-likeness (QED) is 0.183. The lowest BCUT2D eigenvalue weighted by molar-refractivity contribution is 0.666. The van der Waals surface area contributed by atoms with E-state index in [4.69, 9.17) is 4.42 Å². The molecule has 0 amide bonds. The van der Waals surface area contributed by atoms with E-state index in [1.54, 1.807) is 0 Å². The van der Waals surface area contributed by atoms with Crippen molar-refractivity contribution < 1.29 is 4.42 Å². The fourth-order valence-electron chi connectivity index (χ4n) is 8.05. The number of benzene rings is 8. The van der Waals surface area contributed by atoms with E-state index in [9.17, 15) is 0 Å². The maximum Gasteiger partial charge on any atom is 0.159 e. The molecule has 0 unspecified atom stereocenters. The lowest BCUT2D eigenvalue weighted by Crippen LogP contribution is -1.94. The zero-order valence-corrected chi connectivity index (χ0v) is 28.3. The van der Waals surface area contributed by atoms with Crippen molar-refractivity contribution in [2.75, 3.05) is 0 Å². The molecule has 0 fully saturated rings. The van der Waals surface area contributed by atoms with Crippen LogP contribution in [0.4, 0.5) is 0 Å². The van der Waals surface area contributed by atoms with Crippen molar-refractivity contribution in [1.29, 1.82) is 0 Å². The molecule has 0 N–H and O–H groups in total. The zero-order chi connectivity index (χ0) is 33.5. The van der Waals surface area contributed by atoms with E-state index >= 15 is 0 Å². The van der Waals surface area contributed by atoms with Gasteiger partial charge in [0.05, 0.1) is 16.7 Å². The second-order valence-corrected chi connectivity index (χ2v) is 14.4. The monoisotopic (exact) mass is 667 g/mol. The normalized spacial score (nSPS) is 11.9. The van der Waals surface area contributed by atoms with Crippen LogP contribution in [0.2, 0.25) is 0 Å². The maximum atomic E-state index is 6.87. The molecule has 51 heavy (non-hydrogen) atoms. The summed E-state index contributed by atoms with van der Waals surface area (Å²) in [6.45, 7) is 0. The summed E-state index contributed by atoms with van der Waals surface area (Å²) in [6.07, 6.45) is 0. The van der Waals surface area contributed by atoms with Gasteiger partial charge < -0.3 is 8.98 Å². The smallest absolute Gasteiger partial charge is 0.159 e. The molecule has 11 aromatic rings. The van der Waals surface area contributed by atoms with E-state index < -0.39 is 0 Å². The Bertz CT molecular complexity index is 3030. The van der Waals surface area contributed by atoms with Crippen molar-refractivity contribution in [1.82, 2.24) is 4.57 Å². The Balaban J connectivity index is 1.16. The van der Waals surface area contributed by atoms with E-state index in [2.05, 4.69) is 180 Å². The number of furan rings is 1. The SMILES string of the molecule is c1ccc(-c2ccc3c(c2)c2cc(-c4ccccc4)ccc2n3-c2cccc3c2oc2cccc(-c4ccc5c(c4)sc4ccccc45)c23)cc1. The van der Waals surface area contributed by atoms with Gasteiger partial charge in [-0.05, 0) is 81.9 Å². The Morgan fingerprint density at radius 1 is 0.392 bits per heavy atom. The van der Waals surface area contributed by atoms with Crippen LogP contribution in [0.3, 0.4) is 0 Å². The summed E-state index contributed by atoms with van der Waals surface area (Å²) >= 11 is 1.86. The summed E-state index contributed by atoms with van der Waals surface area (Å²) in [5.74, 6) is 0. The molecule has 0 atom stereocenters. The van der Waals surface area contributed by atoms with Crippen LogP contribution in [0, 0.1) is 0 Å². The van der Waals surface area contributed by atoms with Gasteiger partial charge in [0.15, 0.2) is 5.58 Å². The van der Waals surface area contributed by atoms with Gasteiger partial charge in [-0.15, -0.1) is 11.3 Å². The van der Waals surface area contributed by atoms with Gasteiger partial charge in [0.2, 0.25) is 0 Å². The lowest BCUT2D eigenvalue weighted by atomic mass is 9.98. The average Bonchev–Trinajstić information content (AvgIpc) is 3.87. The molecule has 0 aliphatic heterocycles. The Kier molecular flexibility index (Phi) is 6.16. The topological polar surface area (TPSA) is 18.1 Å². The number of hydrogen-bond donors (Lipinski definition) is 0. The second-order valence-electron chi connectivity index (χ2n) is 13.3. The summed E-state index contributed by atoms with van der Waals surface area (Å²) < 4.78 is 11.9. The Morgan fingerprint density at radius 2 is 1.00 bits per heavy atom. The number of hydrogen-bond acceptors (Lipinski definition) is 2. The van der Waals surface area contributed by atoms with E-state index in [0.717, 1.165) is 38.7 Å². The number of fused-ring (bicyclic) bond motifs is 9. The highest BCUT2D eigenvalue weighted by Gasteiger charge is 2.20. The van der Waals surface area contributed by atoms with Crippen molar-refractivity contribution in [2.45, 2.75) is 0 Å². The molecule has 3 aromatic heterocycles. The first-order valence-electron chi connectivity index (χ1n) is 17.3. The van der Waals surface area contributed by atoms with Crippen LogP contribution in [0.1, 0.15) is 0 Å². The summed E-state index contributed by atoms with van der Waals surface area (Å²) in [5.41, 5.74) is 12.3. The molecule has 238 valence electrons. The molecule has 0 aliphatic rings. The van der Waals surface area contributed by atoms with Gasteiger partial charge in [0, 0.05) is 41.7 Å². The molecule has 0 saturated carbocycles. The third kappa shape index (κ3) is 4.35. The Morgan fingerprint density at radius 3 is 1.73 bits per heavy atom. The summed E-state index contributed by atoms with van der Waals surface area (Å²) in [5, 5.41) is 7.32. The Hall–Kier alpha value is -6.42. The van der Waals surface area contributed by atoms with Gasteiger partial charge in [0.1, 0.15) is 5.58 Å². The minimum absolute atomic E-state index is 0.890. The molecule has 3 heterocycles. The van der Waals surface area contributed by atoms with Crippen LogP contribution >= 0.6 is 11.3 Å². The van der Waals surface area contributed by atoms with Crippen LogP contribution in [-0.4, -0.2) is 4.57 Å². The summed E-state index contributed by atoms with van der Waals surface area (Å²) in [7, 11) is 0. The largest absolute Gasteiger partial charge is 0.454 e. The number of aromatic nitrogens is 1. The van der Waals surface area contributed by atoms with E-state index in [1.807, 2.05) is 11.3 Å². The molecular weight excluding hydrogens is 639 g/mol. The standard InChI is InChI=1S/C48H29NOS/c1-3-11-30(12-4-1)32-22-25-41-39(27-32)40-28-33(31-13-5-2-6-14-31)23-26-42(40)49(41)43-18-9-17-38-47-35(16-10-19-44(47)50-48(38)43)34-21-24-37-36-15-7-8-20-45(36)51-46(37)29-34/h1-29H. The highest BCUT2D eigenvalue weighted by atomic mass is 32.1. The van der Waals surface area contributed by atoms with Crippen LogP contribution in [-0.2, 0) is 0 Å². The van der Waals surface area contributed by atoms with E-state index in [1.165, 1.54) is 64.3 Å². The van der Waals surface area contributed by atoms with Gasteiger partial charge in [-0.2, -0.15) is 0 Å². The van der Waals surface area contributed by atoms with Crippen LogP contribution in [0.25, 0.3) is 103 Å². The first-order chi connectivity index (χ1) is 25.3. The molecule has 3 heteroatoms. The van der Waals surface area contributed by atoms with Crippen LogP contribution in [0.15, 0.2) is 180 Å². The molecule has 2 nitrogen and oxygen atoms in total. The van der Waals surface area contributed by atoms with E-state index in [-0.39, 0.29) is 0 Å². The van der Waals surface area contributed by atoms with Crippen molar-refractivity contribution in [3.05, 3.63) is 176 Å². The summed E-state index contributed by atoms with van der Waals surface area (Å²) in [6, 6.07) is 63.6. The molecule has 8 aromatic carbocycles. The summed E-state index contributed by atoms with van der Waals surface area (Å²) in [4.78, 5) is 0. The molecule has 11 rings (SSSR count).